The van der Waals surface area contributed by atoms with Crippen molar-refractivity contribution in [2.75, 3.05) is 19.6 Å². The van der Waals surface area contributed by atoms with Gasteiger partial charge in [-0.25, -0.2) is 0 Å². The van der Waals surface area contributed by atoms with Gasteiger partial charge in [-0.1, -0.05) is 84.9 Å². The maximum absolute atomic E-state index is 3.70. The third-order valence-electron chi connectivity index (χ3n) is 4.75. The van der Waals surface area contributed by atoms with Gasteiger partial charge in [0.1, 0.15) is 0 Å². The molecule has 3 aromatic carbocycles. The monoisotopic (exact) mass is 344 g/mol. The van der Waals surface area contributed by atoms with Crippen LogP contribution in [0, 0.1) is 6.92 Å². The van der Waals surface area contributed by atoms with Gasteiger partial charge in [0, 0.05) is 13.1 Å². The fourth-order valence-electron chi connectivity index (χ4n) is 3.26. The molecule has 134 valence electrons. The summed E-state index contributed by atoms with van der Waals surface area (Å²) in [5.41, 5.74) is 5.41. The van der Waals surface area contributed by atoms with E-state index in [1.54, 1.807) is 0 Å². The summed E-state index contributed by atoms with van der Waals surface area (Å²) >= 11 is 0. The van der Waals surface area contributed by atoms with Gasteiger partial charge in [-0.3, -0.25) is 0 Å². The average molecular weight is 345 g/mol. The molecule has 0 aliphatic rings. The molecule has 2 N–H and O–H groups in total. The van der Waals surface area contributed by atoms with Crippen molar-refractivity contribution in [3.63, 3.8) is 0 Å². The van der Waals surface area contributed by atoms with E-state index < -0.39 is 0 Å². The molecule has 0 aliphatic carbocycles. The van der Waals surface area contributed by atoms with Crippen LogP contribution in [0.25, 0.3) is 0 Å². The van der Waals surface area contributed by atoms with Crippen molar-refractivity contribution in [1.82, 2.24) is 10.6 Å². The first kappa shape index (κ1) is 18.4. The number of benzene rings is 3. The van der Waals surface area contributed by atoms with E-state index in [9.17, 15) is 0 Å². The Morgan fingerprint density at radius 1 is 0.654 bits per heavy atom. The van der Waals surface area contributed by atoms with Crippen molar-refractivity contribution < 1.29 is 0 Å². The average Bonchev–Trinajstić information content (AvgIpc) is 2.70. The van der Waals surface area contributed by atoms with Crippen LogP contribution in [0.15, 0.2) is 84.9 Å². The largest absolute Gasteiger partial charge is 0.315 e. The van der Waals surface area contributed by atoms with Crippen molar-refractivity contribution in [1.29, 1.82) is 0 Å². The van der Waals surface area contributed by atoms with E-state index >= 15 is 0 Å². The smallest absolute Gasteiger partial charge is 0.0577 e. The van der Waals surface area contributed by atoms with Crippen LogP contribution in [0.3, 0.4) is 0 Å². The molecule has 0 atom stereocenters. The second-order valence-electron chi connectivity index (χ2n) is 6.63. The van der Waals surface area contributed by atoms with Crippen LogP contribution in [0.2, 0.25) is 0 Å². The minimum atomic E-state index is 0.232. The molecule has 0 aliphatic heterocycles. The van der Waals surface area contributed by atoms with Gasteiger partial charge in [0.15, 0.2) is 0 Å². The quantitative estimate of drug-likeness (QED) is 0.558. The van der Waals surface area contributed by atoms with Gasteiger partial charge in [0.05, 0.1) is 6.04 Å². The van der Waals surface area contributed by atoms with Gasteiger partial charge < -0.3 is 10.6 Å². The van der Waals surface area contributed by atoms with Gasteiger partial charge in [0.2, 0.25) is 0 Å². The predicted molar refractivity (Wildman–Crippen MR) is 110 cm³/mol. The Morgan fingerprint density at radius 2 is 1.23 bits per heavy atom. The number of hydrogen-bond acceptors (Lipinski definition) is 2. The summed E-state index contributed by atoms with van der Waals surface area (Å²) in [5, 5.41) is 7.26. The molecule has 0 unspecified atom stereocenters. The molecule has 2 heteroatoms. The molecule has 0 aromatic heterocycles. The Hall–Kier alpha value is -2.42. The molecular formula is C24H28N2. The van der Waals surface area contributed by atoms with E-state index in [2.05, 4.69) is 102 Å². The van der Waals surface area contributed by atoms with Crippen molar-refractivity contribution in [3.8, 4) is 0 Å². The molecule has 0 saturated heterocycles. The topological polar surface area (TPSA) is 24.1 Å². The third kappa shape index (κ3) is 5.29. The molecule has 0 amide bonds. The highest BCUT2D eigenvalue weighted by Crippen LogP contribution is 2.21. The van der Waals surface area contributed by atoms with E-state index in [4.69, 9.17) is 0 Å². The minimum absolute atomic E-state index is 0.232. The van der Waals surface area contributed by atoms with Gasteiger partial charge in [-0.05, 0) is 42.1 Å². The van der Waals surface area contributed by atoms with Crippen molar-refractivity contribution in [2.24, 2.45) is 0 Å². The van der Waals surface area contributed by atoms with Crippen LogP contribution in [0.5, 0.6) is 0 Å². The van der Waals surface area contributed by atoms with Crippen LogP contribution in [0.4, 0.5) is 0 Å². The molecule has 3 rings (SSSR count). The number of hydrogen-bond donors (Lipinski definition) is 2. The SMILES string of the molecule is Cc1ccccc1CCNCCNC(c1ccccc1)c1ccccc1. The first-order valence-electron chi connectivity index (χ1n) is 9.43. The maximum atomic E-state index is 3.70. The first-order valence-corrected chi connectivity index (χ1v) is 9.43. The van der Waals surface area contributed by atoms with Crippen LogP contribution >= 0.6 is 0 Å². The second kappa shape index (κ2) is 9.91. The van der Waals surface area contributed by atoms with E-state index in [1.807, 2.05) is 0 Å². The normalized spacial score (nSPS) is 11.0. The highest BCUT2D eigenvalue weighted by molar-refractivity contribution is 5.31. The summed E-state index contributed by atoms with van der Waals surface area (Å²) in [4.78, 5) is 0. The van der Waals surface area contributed by atoms with E-state index in [0.717, 1.165) is 26.1 Å². The standard InChI is InChI=1S/C24H28N2/c1-20-10-8-9-11-21(20)16-17-25-18-19-26-24(22-12-4-2-5-13-22)23-14-6-3-7-15-23/h2-15,24-26H,16-19H2,1H3. The molecule has 26 heavy (non-hydrogen) atoms. The summed E-state index contributed by atoms with van der Waals surface area (Å²) < 4.78 is 0. The summed E-state index contributed by atoms with van der Waals surface area (Å²) in [6.45, 7) is 5.08. The molecule has 0 bridgehead atoms. The summed E-state index contributed by atoms with van der Waals surface area (Å²) in [7, 11) is 0. The molecule has 0 saturated carbocycles. The van der Waals surface area contributed by atoms with Gasteiger partial charge >= 0.3 is 0 Å². The van der Waals surface area contributed by atoms with Crippen LogP contribution in [-0.2, 0) is 6.42 Å². The minimum Gasteiger partial charge on any atom is -0.315 e. The van der Waals surface area contributed by atoms with Crippen molar-refractivity contribution in [2.45, 2.75) is 19.4 Å². The molecule has 3 aromatic rings. The number of nitrogens with one attached hydrogen (secondary N) is 2. The lowest BCUT2D eigenvalue weighted by Gasteiger charge is -2.20. The molecule has 0 spiro atoms. The van der Waals surface area contributed by atoms with E-state index in [-0.39, 0.29) is 6.04 Å². The zero-order valence-corrected chi connectivity index (χ0v) is 15.5. The lowest BCUT2D eigenvalue weighted by molar-refractivity contribution is 0.566. The van der Waals surface area contributed by atoms with Gasteiger partial charge in [-0.15, -0.1) is 0 Å². The Kier molecular flexibility index (Phi) is 7.00. The summed E-state index contributed by atoms with van der Waals surface area (Å²) in [6.07, 6.45) is 1.08. The Labute approximate surface area is 157 Å². The fourth-order valence-corrected chi connectivity index (χ4v) is 3.26. The Bertz CT molecular complexity index is 729. The first-order chi connectivity index (χ1) is 12.8. The van der Waals surface area contributed by atoms with E-state index in [0.29, 0.717) is 0 Å². The maximum Gasteiger partial charge on any atom is 0.0577 e. The van der Waals surface area contributed by atoms with Crippen LogP contribution < -0.4 is 10.6 Å². The lowest BCUT2D eigenvalue weighted by Crippen LogP contribution is -2.31. The predicted octanol–water partition coefficient (Wildman–Crippen LogP) is 4.51. The highest BCUT2D eigenvalue weighted by atomic mass is 15.0. The molecule has 0 heterocycles. The Balaban J connectivity index is 1.49. The second-order valence-corrected chi connectivity index (χ2v) is 6.63. The molecule has 0 fully saturated rings. The highest BCUT2D eigenvalue weighted by Gasteiger charge is 2.12. The molecular weight excluding hydrogens is 316 g/mol. The lowest BCUT2D eigenvalue weighted by atomic mass is 9.99. The third-order valence-corrected chi connectivity index (χ3v) is 4.75. The van der Waals surface area contributed by atoms with Crippen LogP contribution in [0.1, 0.15) is 28.3 Å². The number of aryl methyl sites for hydroxylation is 1. The van der Waals surface area contributed by atoms with Crippen molar-refractivity contribution in [3.05, 3.63) is 107 Å². The molecule has 0 radical (unpaired) electrons. The summed E-state index contributed by atoms with van der Waals surface area (Å²) in [6, 6.07) is 30.2. The van der Waals surface area contributed by atoms with Gasteiger partial charge in [-0.2, -0.15) is 0 Å². The molecule has 2 nitrogen and oxygen atoms in total. The van der Waals surface area contributed by atoms with Crippen LogP contribution in [-0.4, -0.2) is 19.6 Å². The Morgan fingerprint density at radius 3 is 1.85 bits per heavy atom. The fraction of sp³-hybridized carbons (Fsp3) is 0.250. The van der Waals surface area contributed by atoms with E-state index in [1.165, 1.54) is 22.3 Å². The zero-order chi connectivity index (χ0) is 18.0. The van der Waals surface area contributed by atoms with Crippen molar-refractivity contribution >= 4 is 0 Å². The zero-order valence-electron chi connectivity index (χ0n) is 15.5. The number of rotatable bonds is 9. The summed E-state index contributed by atoms with van der Waals surface area (Å²) in [5.74, 6) is 0. The van der Waals surface area contributed by atoms with Gasteiger partial charge in [0.25, 0.3) is 0 Å².